The number of nitrogens with one attached hydrogen (secondary N) is 1. The van der Waals surface area contributed by atoms with E-state index >= 15 is 0 Å². The maximum Gasteiger partial charge on any atom is 0.0713 e. The third-order valence-corrected chi connectivity index (χ3v) is 5.15. The smallest absolute Gasteiger partial charge is 0.0713 e. The Bertz CT molecular complexity index is 618. The molecule has 1 atom stereocenters. The van der Waals surface area contributed by atoms with Crippen molar-refractivity contribution in [3.05, 3.63) is 68.1 Å². The number of benzene rings is 2. The molecule has 0 aliphatic heterocycles. The Hall–Kier alpha value is -0.680. The maximum atomic E-state index is 5.88. The van der Waals surface area contributed by atoms with Crippen molar-refractivity contribution in [1.82, 2.24) is 5.43 Å². The monoisotopic (exact) mass is 408 g/mol. The molecule has 2 nitrogen and oxygen atoms in total. The Morgan fingerprint density at radius 1 is 1.05 bits per heavy atom. The summed E-state index contributed by atoms with van der Waals surface area (Å²) in [4.78, 5) is 0. The largest absolute Gasteiger partial charge is 0.271 e. The van der Waals surface area contributed by atoms with Gasteiger partial charge in [-0.2, -0.15) is 0 Å². The lowest BCUT2D eigenvalue weighted by atomic mass is 9.76. The minimum Gasteiger partial charge on any atom is -0.271 e. The molecule has 4 heteroatoms. The van der Waals surface area contributed by atoms with Gasteiger partial charge < -0.3 is 0 Å². The van der Waals surface area contributed by atoms with Crippen molar-refractivity contribution in [1.29, 1.82) is 0 Å². The molecule has 0 saturated heterocycles. The predicted molar refractivity (Wildman–Crippen MR) is 94.0 cm³/mol. The summed E-state index contributed by atoms with van der Waals surface area (Å²) in [6.45, 7) is 0. The van der Waals surface area contributed by atoms with Gasteiger partial charge in [0, 0.05) is 8.95 Å². The van der Waals surface area contributed by atoms with Crippen LogP contribution in [0.4, 0.5) is 0 Å². The molecule has 2 aromatic carbocycles. The molecule has 110 valence electrons. The van der Waals surface area contributed by atoms with Gasteiger partial charge >= 0.3 is 0 Å². The van der Waals surface area contributed by atoms with Crippen molar-refractivity contribution in [3.63, 3.8) is 0 Å². The average Bonchev–Trinajstić information content (AvgIpc) is 2.38. The molecule has 0 radical (unpaired) electrons. The predicted octanol–water partition coefficient (Wildman–Crippen LogP) is 5.03. The van der Waals surface area contributed by atoms with Crippen molar-refractivity contribution in [2.75, 3.05) is 0 Å². The van der Waals surface area contributed by atoms with Gasteiger partial charge in [0.15, 0.2) is 0 Å². The molecule has 2 aromatic rings. The van der Waals surface area contributed by atoms with Gasteiger partial charge in [-0.25, -0.2) is 5.43 Å². The van der Waals surface area contributed by atoms with Crippen LogP contribution in [-0.4, -0.2) is 0 Å². The van der Waals surface area contributed by atoms with Crippen LogP contribution in [0.5, 0.6) is 0 Å². The molecule has 1 aliphatic rings. The summed E-state index contributed by atoms with van der Waals surface area (Å²) >= 11 is 7.11. The van der Waals surface area contributed by atoms with E-state index < -0.39 is 0 Å². The molecule has 0 spiro atoms. The van der Waals surface area contributed by atoms with E-state index in [2.05, 4.69) is 73.7 Å². The van der Waals surface area contributed by atoms with Gasteiger partial charge in [-0.1, -0.05) is 62.5 Å². The van der Waals surface area contributed by atoms with Gasteiger partial charge in [-0.3, -0.25) is 5.84 Å². The summed E-state index contributed by atoms with van der Waals surface area (Å²) in [7, 11) is 0. The quantitative estimate of drug-likeness (QED) is 0.548. The molecule has 0 bridgehead atoms. The Labute approximate surface area is 142 Å². The molecule has 1 aliphatic carbocycles. The molecule has 0 aromatic heterocycles. The first kappa shape index (κ1) is 15.2. The number of hydrogen-bond donors (Lipinski definition) is 2. The van der Waals surface area contributed by atoms with Crippen LogP contribution in [0.2, 0.25) is 0 Å². The van der Waals surface area contributed by atoms with E-state index in [4.69, 9.17) is 5.84 Å². The Morgan fingerprint density at radius 2 is 1.71 bits per heavy atom. The summed E-state index contributed by atoms with van der Waals surface area (Å²) < 4.78 is 2.10. The van der Waals surface area contributed by atoms with Gasteiger partial charge in [0.2, 0.25) is 0 Å². The maximum absolute atomic E-state index is 5.88. The van der Waals surface area contributed by atoms with Gasteiger partial charge in [0.25, 0.3) is 0 Å². The fourth-order valence-corrected chi connectivity index (χ4v) is 4.30. The van der Waals surface area contributed by atoms with E-state index in [0.29, 0.717) is 5.92 Å². The van der Waals surface area contributed by atoms with Crippen molar-refractivity contribution < 1.29 is 0 Å². The Balaban J connectivity index is 2.03. The van der Waals surface area contributed by atoms with Crippen molar-refractivity contribution in [3.8, 4) is 0 Å². The van der Waals surface area contributed by atoms with Crippen molar-refractivity contribution in [2.24, 2.45) is 5.84 Å². The van der Waals surface area contributed by atoms with E-state index in [9.17, 15) is 0 Å². The third kappa shape index (κ3) is 3.24. The second kappa shape index (κ2) is 6.61. The van der Waals surface area contributed by atoms with Crippen LogP contribution in [0.3, 0.4) is 0 Å². The number of hydrogen-bond acceptors (Lipinski definition) is 2. The molecular formula is C17H18Br2N2. The van der Waals surface area contributed by atoms with Gasteiger partial charge in [-0.05, 0) is 53.6 Å². The molecule has 0 amide bonds. The Kier molecular flexibility index (Phi) is 4.79. The van der Waals surface area contributed by atoms with Crippen LogP contribution in [0.25, 0.3) is 0 Å². The highest BCUT2D eigenvalue weighted by atomic mass is 79.9. The first-order valence-corrected chi connectivity index (χ1v) is 8.78. The fraction of sp³-hybridized carbons (Fsp3) is 0.294. The van der Waals surface area contributed by atoms with Crippen molar-refractivity contribution in [2.45, 2.75) is 31.2 Å². The minimum absolute atomic E-state index is 0.00981. The first-order chi connectivity index (χ1) is 10.2. The van der Waals surface area contributed by atoms with Crippen LogP contribution in [-0.2, 0) is 0 Å². The second-order valence-electron chi connectivity index (χ2n) is 5.56. The lowest BCUT2D eigenvalue weighted by Crippen LogP contribution is -2.30. The lowest BCUT2D eigenvalue weighted by Gasteiger charge is -2.30. The summed E-state index contributed by atoms with van der Waals surface area (Å²) in [5.41, 5.74) is 6.87. The van der Waals surface area contributed by atoms with E-state index in [0.717, 1.165) is 14.5 Å². The lowest BCUT2D eigenvalue weighted by molar-refractivity contribution is 0.414. The zero-order valence-corrected chi connectivity index (χ0v) is 14.8. The summed E-state index contributed by atoms with van der Waals surface area (Å²) in [6.07, 6.45) is 3.91. The molecular weight excluding hydrogens is 392 g/mol. The molecule has 1 unspecified atom stereocenters. The highest BCUT2D eigenvalue weighted by molar-refractivity contribution is 9.11. The Morgan fingerprint density at radius 3 is 2.29 bits per heavy atom. The molecule has 1 saturated carbocycles. The minimum atomic E-state index is 0.00981. The number of rotatable bonds is 4. The van der Waals surface area contributed by atoms with Crippen LogP contribution >= 0.6 is 31.9 Å². The summed E-state index contributed by atoms with van der Waals surface area (Å²) in [5.74, 6) is 6.57. The molecule has 21 heavy (non-hydrogen) atoms. The van der Waals surface area contributed by atoms with E-state index in [1.54, 1.807) is 0 Å². The van der Waals surface area contributed by atoms with Gasteiger partial charge in [0.05, 0.1) is 6.04 Å². The molecule has 1 fully saturated rings. The highest BCUT2D eigenvalue weighted by Gasteiger charge is 2.25. The summed E-state index contributed by atoms with van der Waals surface area (Å²) in [5, 5.41) is 0. The van der Waals surface area contributed by atoms with E-state index in [-0.39, 0.29) is 6.04 Å². The highest BCUT2D eigenvalue weighted by Crippen LogP contribution is 2.40. The number of halogens is 2. The van der Waals surface area contributed by atoms with Crippen LogP contribution in [0.1, 0.15) is 47.9 Å². The van der Waals surface area contributed by atoms with E-state index in [1.807, 2.05) is 6.07 Å². The normalized spacial score (nSPS) is 16.5. The van der Waals surface area contributed by atoms with Gasteiger partial charge in [-0.15, -0.1) is 0 Å². The van der Waals surface area contributed by atoms with Crippen LogP contribution in [0, 0.1) is 0 Å². The third-order valence-electron chi connectivity index (χ3n) is 4.24. The number of hydrazine groups is 1. The van der Waals surface area contributed by atoms with Crippen LogP contribution < -0.4 is 11.3 Å². The summed E-state index contributed by atoms with van der Waals surface area (Å²) in [6, 6.07) is 14.9. The van der Waals surface area contributed by atoms with Crippen molar-refractivity contribution >= 4 is 31.9 Å². The molecule has 0 heterocycles. The molecule has 3 rings (SSSR count). The van der Waals surface area contributed by atoms with E-state index in [1.165, 1.54) is 30.4 Å². The molecule has 3 N–H and O–H groups in total. The first-order valence-electron chi connectivity index (χ1n) is 7.20. The standard InChI is InChI=1S/C17H18Br2N2/c18-13-8-12(9-14(19)10-13)17(21-20)16-7-2-1-6-15(16)11-4-3-5-11/h1-2,6-11,17,21H,3-5,20H2. The topological polar surface area (TPSA) is 38.0 Å². The van der Waals surface area contributed by atoms with Crippen LogP contribution in [0.15, 0.2) is 51.4 Å². The average molecular weight is 410 g/mol. The zero-order chi connectivity index (χ0) is 14.8. The second-order valence-corrected chi connectivity index (χ2v) is 7.39. The zero-order valence-electron chi connectivity index (χ0n) is 11.7. The fourth-order valence-electron chi connectivity index (χ4n) is 2.97. The SMILES string of the molecule is NNC(c1cc(Br)cc(Br)c1)c1ccccc1C1CCC1. The number of nitrogens with two attached hydrogens (primary N) is 1. The van der Waals surface area contributed by atoms with Gasteiger partial charge in [0.1, 0.15) is 0 Å².